The molecule has 2 aromatic heterocycles. The molecule has 0 aliphatic heterocycles. The predicted octanol–water partition coefficient (Wildman–Crippen LogP) is 4.10. The first-order valence-corrected chi connectivity index (χ1v) is 11.3. The van der Waals surface area contributed by atoms with Gasteiger partial charge in [-0.1, -0.05) is 24.3 Å². The monoisotopic (exact) mass is 447 g/mol. The van der Waals surface area contributed by atoms with Crippen LogP contribution in [0.15, 0.2) is 61.0 Å². The zero-order valence-electron chi connectivity index (χ0n) is 18.8. The number of carbonyl (C=O) groups excluding carboxylic acids is 1. The van der Waals surface area contributed by atoms with Crippen LogP contribution in [0.1, 0.15) is 42.2 Å². The quantitative estimate of drug-likeness (QED) is 0.417. The van der Waals surface area contributed by atoms with Gasteiger partial charge in [-0.25, -0.2) is 4.39 Å². The molecular formula is C26H30FN5O. The molecular weight excluding hydrogens is 417 g/mol. The Bertz CT molecular complexity index is 1200. The van der Waals surface area contributed by atoms with Gasteiger partial charge in [-0.2, -0.15) is 0 Å². The number of fused-ring (bicyclic) bond motifs is 1. The first-order valence-electron chi connectivity index (χ1n) is 11.3. The Labute approximate surface area is 193 Å². The third-order valence-corrected chi connectivity index (χ3v) is 5.96. The van der Waals surface area contributed by atoms with Crippen molar-refractivity contribution in [2.75, 3.05) is 13.1 Å². The highest BCUT2D eigenvalue weighted by Gasteiger charge is 2.23. The van der Waals surface area contributed by atoms with Crippen LogP contribution in [0.2, 0.25) is 0 Å². The van der Waals surface area contributed by atoms with Gasteiger partial charge in [-0.15, -0.1) is 0 Å². The largest absolute Gasteiger partial charge is 0.350 e. The normalized spacial score (nSPS) is 18.8. The molecule has 2 heterocycles. The molecule has 3 aromatic rings. The van der Waals surface area contributed by atoms with Gasteiger partial charge in [-0.05, 0) is 67.3 Å². The van der Waals surface area contributed by atoms with Crippen molar-refractivity contribution in [2.24, 2.45) is 11.5 Å². The number of benzene rings is 1. The molecule has 0 saturated heterocycles. The second kappa shape index (κ2) is 9.68. The van der Waals surface area contributed by atoms with Crippen LogP contribution in [0, 0.1) is 0 Å². The molecule has 33 heavy (non-hydrogen) atoms. The second-order valence-electron chi connectivity index (χ2n) is 8.75. The molecule has 1 aliphatic carbocycles. The number of alkyl halides is 1. The average Bonchev–Trinajstić information content (AvgIpc) is 3.20. The van der Waals surface area contributed by atoms with Crippen LogP contribution in [0.5, 0.6) is 0 Å². The maximum absolute atomic E-state index is 14.1. The molecule has 1 aromatic carbocycles. The number of halogens is 1. The first kappa shape index (κ1) is 22.9. The minimum absolute atomic E-state index is 0.149. The lowest BCUT2D eigenvalue weighted by Crippen LogP contribution is -2.37. The molecule has 2 atom stereocenters. The number of H-pyrrole nitrogens is 1. The van der Waals surface area contributed by atoms with E-state index in [1.165, 1.54) is 0 Å². The SMILES string of the molecule is CC1(F)C=CC(c2ccc3c(-c4ccncc4)c(C(=O)NC[C@@H](N)CCCN)[nH]c3c2)=CC1. The number of aromatic nitrogens is 2. The number of nitrogens with zero attached hydrogens (tertiary/aromatic N) is 1. The number of allylic oxidation sites excluding steroid dienone is 4. The van der Waals surface area contributed by atoms with E-state index in [1.807, 2.05) is 42.5 Å². The third-order valence-electron chi connectivity index (χ3n) is 5.96. The molecule has 6 N–H and O–H groups in total. The van der Waals surface area contributed by atoms with Gasteiger partial charge in [0.1, 0.15) is 11.4 Å². The van der Waals surface area contributed by atoms with E-state index in [1.54, 1.807) is 25.4 Å². The van der Waals surface area contributed by atoms with E-state index >= 15 is 0 Å². The van der Waals surface area contributed by atoms with E-state index in [9.17, 15) is 9.18 Å². The number of rotatable bonds is 8. The van der Waals surface area contributed by atoms with Crippen molar-refractivity contribution in [3.8, 4) is 11.1 Å². The number of pyridine rings is 1. The number of amides is 1. The van der Waals surface area contributed by atoms with Crippen molar-refractivity contribution in [3.05, 3.63) is 72.2 Å². The average molecular weight is 448 g/mol. The molecule has 0 fully saturated rings. The molecule has 0 radical (unpaired) electrons. The van der Waals surface area contributed by atoms with Crippen molar-refractivity contribution in [1.82, 2.24) is 15.3 Å². The highest BCUT2D eigenvalue weighted by atomic mass is 19.1. The number of nitrogens with one attached hydrogen (secondary N) is 2. The van der Waals surface area contributed by atoms with Crippen molar-refractivity contribution < 1.29 is 9.18 Å². The van der Waals surface area contributed by atoms with E-state index in [-0.39, 0.29) is 11.9 Å². The Hall–Kier alpha value is -3.29. The number of carbonyl (C=O) groups is 1. The van der Waals surface area contributed by atoms with Gasteiger partial charge in [0.15, 0.2) is 0 Å². The minimum atomic E-state index is -1.31. The molecule has 0 saturated carbocycles. The Morgan fingerprint density at radius 3 is 2.76 bits per heavy atom. The summed E-state index contributed by atoms with van der Waals surface area (Å²) in [5.74, 6) is -0.215. The zero-order chi connectivity index (χ0) is 23.4. The summed E-state index contributed by atoms with van der Waals surface area (Å²) in [5.41, 5.74) is 15.3. The maximum Gasteiger partial charge on any atom is 0.268 e. The Morgan fingerprint density at radius 1 is 1.27 bits per heavy atom. The van der Waals surface area contributed by atoms with Gasteiger partial charge >= 0.3 is 0 Å². The lowest BCUT2D eigenvalue weighted by atomic mass is 9.91. The Kier molecular flexibility index (Phi) is 6.72. The standard InChI is InChI=1S/C26H30FN5O/c1-26(27)10-6-17(7-11-26)19-4-5-21-22(15-19)32-24(23(21)18-8-13-30-14-9-18)25(33)31-16-20(29)3-2-12-28/h4-10,13-15,20,32H,2-3,11-12,16,28-29H2,1H3,(H,31,33)/t20-,26?/m0/s1. The van der Waals surface area contributed by atoms with Crippen LogP contribution in [0.3, 0.4) is 0 Å². The summed E-state index contributed by atoms with van der Waals surface area (Å²) in [6, 6.07) is 9.62. The van der Waals surface area contributed by atoms with Crippen LogP contribution in [-0.2, 0) is 0 Å². The number of hydrogen-bond donors (Lipinski definition) is 4. The highest BCUT2D eigenvalue weighted by Crippen LogP contribution is 2.35. The van der Waals surface area contributed by atoms with Crippen molar-refractivity contribution in [1.29, 1.82) is 0 Å². The summed E-state index contributed by atoms with van der Waals surface area (Å²) < 4.78 is 14.1. The molecule has 0 bridgehead atoms. The summed E-state index contributed by atoms with van der Waals surface area (Å²) in [6.07, 6.45) is 10.6. The van der Waals surface area contributed by atoms with Crippen molar-refractivity contribution in [3.63, 3.8) is 0 Å². The summed E-state index contributed by atoms with van der Waals surface area (Å²) in [5, 5.41) is 3.88. The maximum atomic E-state index is 14.1. The van der Waals surface area contributed by atoms with Gasteiger partial charge in [0, 0.05) is 47.9 Å². The van der Waals surface area contributed by atoms with Crippen LogP contribution in [-0.4, -0.2) is 40.7 Å². The third kappa shape index (κ3) is 5.21. The van der Waals surface area contributed by atoms with E-state index in [0.717, 1.165) is 46.0 Å². The number of hydrogen-bond acceptors (Lipinski definition) is 4. The minimum Gasteiger partial charge on any atom is -0.350 e. The summed E-state index contributed by atoms with van der Waals surface area (Å²) in [4.78, 5) is 20.6. The van der Waals surface area contributed by atoms with Gasteiger partial charge in [0.25, 0.3) is 5.91 Å². The summed E-state index contributed by atoms with van der Waals surface area (Å²) >= 11 is 0. The molecule has 1 aliphatic rings. The first-order chi connectivity index (χ1) is 15.9. The van der Waals surface area contributed by atoms with Crippen LogP contribution in [0.4, 0.5) is 4.39 Å². The fraction of sp³-hybridized carbons (Fsp3) is 0.308. The van der Waals surface area contributed by atoms with Crippen LogP contribution < -0.4 is 16.8 Å². The Morgan fingerprint density at radius 2 is 2.06 bits per heavy atom. The number of aromatic amines is 1. The fourth-order valence-corrected chi connectivity index (χ4v) is 4.08. The van der Waals surface area contributed by atoms with E-state index < -0.39 is 5.67 Å². The Balaban J connectivity index is 1.69. The zero-order valence-corrected chi connectivity index (χ0v) is 18.8. The van der Waals surface area contributed by atoms with Crippen LogP contribution in [0.25, 0.3) is 27.6 Å². The lowest BCUT2D eigenvalue weighted by molar-refractivity contribution is 0.0947. The van der Waals surface area contributed by atoms with Crippen molar-refractivity contribution in [2.45, 2.75) is 37.9 Å². The highest BCUT2D eigenvalue weighted by molar-refractivity contribution is 6.10. The molecule has 1 amide bonds. The van der Waals surface area contributed by atoms with Crippen LogP contribution >= 0.6 is 0 Å². The molecule has 1 unspecified atom stereocenters. The van der Waals surface area contributed by atoms with Crippen molar-refractivity contribution >= 4 is 22.4 Å². The van der Waals surface area contributed by atoms with Gasteiger partial charge < -0.3 is 21.8 Å². The van der Waals surface area contributed by atoms with Gasteiger partial charge in [0.05, 0.1) is 0 Å². The number of nitrogens with two attached hydrogens (primary N) is 2. The molecule has 6 nitrogen and oxygen atoms in total. The summed E-state index contributed by atoms with van der Waals surface area (Å²) in [7, 11) is 0. The topological polar surface area (TPSA) is 110 Å². The predicted molar refractivity (Wildman–Crippen MR) is 131 cm³/mol. The van der Waals surface area contributed by atoms with E-state index in [0.29, 0.717) is 25.2 Å². The second-order valence-corrected chi connectivity index (χ2v) is 8.75. The van der Waals surface area contributed by atoms with Gasteiger partial charge in [0.2, 0.25) is 0 Å². The van der Waals surface area contributed by atoms with Gasteiger partial charge in [-0.3, -0.25) is 9.78 Å². The molecule has 7 heteroatoms. The molecule has 0 spiro atoms. The molecule has 4 rings (SSSR count). The van der Waals surface area contributed by atoms with E-state index in [2.05, 4.69) is 15.3 Å². The lowest BCUT2D eigenvalue weighted by Gasteiger charge is -2.18. The molecule has 172 valence electrons. The fourth-order valence-electron chi connectivity index (χ4n) is 4.08. The smallest absolute Gasteiger partial charge is 0.268 e. The van der Waals surface area contributed by atoms with E-state index in [4.69, 9.17) is 11.5 Å². The summed E-state index contributed by atoms with van der Waals surface area (Å²) in [6.45, 7) is 2.52.